The van der Waals surface area contributed by atoms with Crippen molar-refractivity contribution in [2.24, 2.45) is 5.92 Å². The third kappa shape index (κ3) is 2.44. The maximum Gasteiger partial charge on any atom is 0.225 e. The van der Waals surface area contributed by atoms with Gasteiger partial charge in [0.2, 0.25) is 5.91 Å². The van der Waals surface area contributed by atoms with Crippen molar-refractivity contribution < 1.29 is 9.53 Å². The molecule has 1 fully saturated rings. The van der Waals surface area contributed by atoms with E-state index in [0.29, 0.717) is 0 Å². The van der Waals surface area contributed by atoms with E-state index in [1.54, 1.807) is 12.0 Å². The van der Waals surface area contributed by atoms with E-state index in [0.717, 1.165) is 19.4 Å². The van der Waals surface area contributed by atoms with Crippen molar-refractivity contribution in [3.63, 3.8) is 0 Å². The summed E-state index contributed by atoms with van der Waals surface area (Å²) in [6.07, 6.45) is 1.80. The molecular formula is C10H19NO2. The van der Waals surface area contributed by atoms with Gasteiger partial charge in [-0.25, -0.2) is 0 Å². The van der Waals surface area contributed by atoms with Gasteiger partial charge in [0.25, 0.3) is 0 Å². The van der Waals surface area contributed by atoms with Gasteiger partial charge in [-0.05, 0) is 26.7 Å². The molecule has 1 unspecified atom stereocenters. The fourth-order valence-corrected chi connectivity index (χ4v) is 1.76. The van der Waals surface area contributed by atoms with Crippen LogP contribution in [0.4, 0.5) is 0 Å². The van der Waals surface area contributed by atoms with E-state index in [4.69, 9.17) is 4.74 Å². The summed E-state index contributed by atoms with van der Waals surface area (Å²) >= 11 is 0. The number of likely N-dealkylation sites (tertiary alicyclic amines) is 1. The highest BCUT2D eigenvalue weighted by atomic mass is 16.5. The molecule has 0 N–H and O–H groups in total. The number of ether oxygens (including phenoxy) is 1. The van der Waals surface area contributed by atoms with Gasteiger partial charge in [-0.3, -0.25) is 4.79 Å². The quantitative estimate of drug-likeness (QED) is 0.663. The van der Waals surface area contributed by atoms with Crippen LogP contribution < -0.4 is 0 Å². The predicted octanol–water partition coefficient (Wildman–Crippen LogP) is 1.28. The van der Waals surface area contributed by atoms with E-state index in [2.05, 4.69) is 0 Å². The van der Waals surface area contributed by atoms with Crippen LogP contribution >= 0.6 is 0 Å². The second-order valence-electron chi connectivity index (χ2n) is 4.41. The predicted molar refractivity (Wildman–Crippen MR) is 51.4 cm³/mol. The first kappa shape index (κ1) is 10.5. The molecule has 3 nitrogen and oxygen atoms in total. The Morgan fingerprint density at radius 1 is 1.62 bits per heavy atom. The van der Waals surface area contributed by atoms with Gasteiger partial charge in [-0.1, -0.05) is 0 Å². The van der Waals surface area contributed by atoms with Crippen LogP contribution in [0, 0.1) is 5.92 Å². The van der Waals surface area contributed by atoms with Crippen molar-refractivity contribution >= 4 is 5.91 Å². The molecule has 3 heteroatoms. The molecule has 0 saturated carbocycles. The Morgan fingerprint density at radius 2 is 2.23 bits per heavy atom. The zero-order valence-corrected chi connectivity index (χ0v) is 8.96. The molecule has 0 bridgehead atoms. The van der Waals surface area contributed by atoms with E-state index in [-0.39, 0.29) is 17.4 Å². The number of hydrogen-bond acceptors (Lipinski definition) is 2. The first-order valence-corrected chi connectivity index (χ1v) is 4.76. The number of carbonyl (C=O) groups excluding carboxylic acids is 1. The number of methoxy groups -OCH3 is 1. The maximum absolute atomic E-state index is 11.6. The SMILES string of the molecule is COC(C)(C)CC1CCN(C)C1=O. The molecule has 1 atom stereocenters. The normalized spacial score (nSPS) is 24.2. The fraction of sp³-hybridized carbons (Fsp3) is 0.900. The highest BCUT2D eigenvalue weighted by molar-refractivity contribution is 5.80. The van der Waals surface area contributed by atoms with Gasteiger partial charge < -0.3 is 9.64 Å². The minimum atomic E-state index is -0.175. The third-order valence-corrected chi connectivity index (χ3v) is 2.83. The van der Waals surface area contributed by atoms with Crippen molar-refractivity contribution in [2.75, 3.05) is 20.7 Å². The van der Waals surface area contributed by atoms with Crippen LogP contribution in [0.3, 0.4) is 0 Å². The Bertz CT molecular complexity index is 201. The Kier molecular flexibility index (Phi) is 2.96. The topological polar surface area (TPSA) is 29.5 Å². The zero-order valence-electron chi connectivity index (χ0n) is 8.96. The summed E-state index contributed by atoms with van der Waals surface area (Å²) < 4.78 is 5.31. The molecule has 1 rings (SSSR count). The lowest BCUT2D eigenvalue weighted by atomic mass is 9.92. The van der Waals surface area contributed by atoms with Crippen LogP contribution in [0.1, 0.15) is 26.7 Å². The monoisotopic (exact) mass is 185 g/mol. The summed E-state index contributed by atoms with van der Waals surface area (Å²) in [5.41, 5.74) is -0.175. The number of carbonyl (C=O) groups is 1. The molecule has 0 aromatic heterocycles. The second kappa shape index (κ2) is 3.66. The van der Waals surface area contributed by atoms with Gasteiger partial charge in [0.15, 0.2) is 0 Å². The minimum Gasteiger partial charge on any atom is -0.379 e. The highest BCUT2D eigenvalue weighted by Crippen LogP contribution is 2.27. The smallest absolute Gasteiger partial charge is 0.225 e. The van der Waals surface area contributed by atoms with Gasteiger partial charge >= 0.3 is 0 Å². The minimum absolute atomic E-state index is 0.167. The average molecular weight is 185 g/mol. The van der Waals surface area contributed by atoms with Gasteiger partial charge in [0.1, 0.15) is 0 Å². The zero-order chi connectivity index (χ0) is 10.1. The van der Waals surface area contributed by atoms with Crippen molar-refractivity contribution in [2.45, 2.75) is 32.3 Å². The summed E-state index contributed by atoms with van der Waals surface area (Å²) in [5.74, 6) is 0.435. The maximum atomic E-state index is 11.6. The second-order valence-corrected chi connectivity index (χ2v) is 4.41. The molecule has 1 aliphatic rings. The molecule has 76 valence electrons. The van der Waals surface area contributed by atoms with Crippen LogP contribution in [0.5, 0.6) is 0 Å². The number of nitrogens with zero attached hydrogens (tertiary/aromatic N) is 1. The number of rotatable bonds is 3. The van der Waals surface area contributed by atoms with Gasteiger partial charge in [0.05, 0.1) is 5.60 Å². The van der Waals surface area contributed by atoms with Gasteiger partial charge in [-0.15, -0.1) is 0 Å². The lowest BCUT2D eigenvalue weighted by Crippen LogP contribution is -2.30. The number of amides is 1. The molecule has 1 aliphatic heterocycles. The molecular weight excluding hydrogens is 166 g/mol. The molecule has 0 aliphatic carbocycles. The standard InChI is InChI=1S/C10H19NO2/c1-10(2,13-4)7-8-5-6-11(3)9(8)12/h8H,5-7H2,1-4H3. The molecule has 0 aromatic carbocycles. The molecule has 0 spiro atoms. The fourth-order valence-electron chi connectivity index (χ4n) is 1.76. The van der Waals surface area contributed by atoms with E-state index in [1.165, 1.54) is 0 Å². The van der Waals surface area contributed by atoms with Crippen LogP contribution in [0.25, 0.3) is 0 Å². The van der Waals surface area contributed by atoms with Crippen LogP contribution in [-0.4, -0.2) is 37.1 Å². The summed E-state index contributed by atoms with van der Waals surface area (Å²) in [5, 5.41) is 0. The molecule has 0 radical (unpaired) electrons. The summed E-state index contributed by atoms with van der Waals surface area (Å²) in [4.78, 5) is 13.4. The van der Waals surface area contributed by atoms with Crippen molar-refractivity contribution in [3.8, 4) is 0 Å². The van der Waals surface area contributed by atoms with Crippen molar-refractivity contribution in [1.82, 2.24) is 4.90 Å². The Balaban J connectivity index is 2.51. The molecule has 1 heterocycles. The van der Waals surface area contributed by atoms with Gasteiger partial charge in [-0.2, -0.15) is 0 Å². The van der Waals surface area contributed by atoms with Crippen molar-refractivity contribution in [3.05, 3.63) is 0 Å². The molecule has 1 saturated heterocycles. The highest BCUT2D eigenvalue weighted by Gasteiger charge is 2.33. The first-order chi connectivity index (χ1) is 5.96. The average Bonchev–Trinajstić information content (AvgIpc) is 2.36. The largest absolute Gasteiger partial charge is 0.379 e. The van der Waals surface area contributed by atoms with E-state index >= 15 is 0 Å². The lowest BCUT2D eigenvalue weighted by molar-refractivity contribution is -0.131. The Labute approximate surface area is 80.1 Å². The van der Waals surface area contributed by atoms with E-state index in [1.807, 2.05) is 20.9 Å². The molecule has 0 aromatic rings. The van der Waals surface area contributed by atoms with E-state index < -0.39 is 0 Å². The van der Waals surface area contributed by atoms with Gasteiger partial charge in [0, 0.05) is 26.6 Å². The third-order valence-electron chi connectivity index (χ3n) is 2.83. The molecule has 13 heavy (non-hydrogen) atoms. The van der Waals surface area contributed by atoms with Crippen LogP contribution in [-0.2, 0) is 9.53 Å². The number of hydrogen-bond donors (Lipinski definition) is 0. The lowest BCUT2D eigenvalue weighted by Gasteiger charge is -2.25. The summed E-state index contributed by atoms with van der Waals surface area (Å²) in [6.45, 7) is 4.94. The summed E-state index contributed by atoms with van der Waals surface area (Å²) in [7, 11) is 3.56. The first-order valence-electron chi connectivity index (χ1n) is 4.76. The molecule has 1 amide bonds. The Hall–Kier alpha value is -0.570. The van der Waals surface area contributed by atoms with Crippen LogP contribution in [0.15, 0.2) is 0 Å². The Morgan fingerprint density at radius 3 is 2.62 bits per heavy atom. The van der Waals surface area contributed by atoms with E-state index in [9.17, 15) is 4.79 Å². The van der Waals surface area contributed by atoms with Crippen molar-refractivity contribution in [1.29, 1.82) is 0 Å². The van der Waals surface area contributed by atoms with Crippen LogP contribution in [0.2, 0.25) is 0 Å². The summed E-state index contributed by atoms with van der Waals surface area (Å²) in [6, 6.07) is 0.